The van der Waals surface area contributed by atoms with E-state index in [1.165, 1.54) is 25.7 Å². The number of unbranched alkanes of at least 4 members (excludes halogenated alkanes) is 12. The number of carbonyl (C=O) groups is 3. The van der Waals surface area contributed by atoms with E-state index in [4.69, 9.17) is 14.2 Å². The maximum atomic E-state index is 12.7. The summed E-state index contributed by atoms with van der Waals surface area (Å²) in [6, 6.07) is 0. The van der Waals surface area contributed by atoms with Crippen LogP contribution >= 0.6 is 0 Å². The van der Waals surface area contributed by atoms with Gasteiger partial charge in [0.15, 0.2) is 6.10 Å². The van der Waals surface area contributed by atoms with Gasteiger partial charge >= 0.3 is 17.9 Å². The predicted molar refractivity (Wildman–Crippen MR) is 242 cm³/mol. The first kappa shape index (κ1) is 53.3. The van der Waals surface area contributed by atoms with Crippen molar-refractivity contribution in [2.24, 2.45) is 0 Å². The number of allylic oxidation sites excluding steroid dienone is 16. The second-order valence-corrected chi connectivity index (χ2v) is 14.6. The molecule has 0 saturated carbocycles. The summed E-state index contributed by atoms with van der Waals surface area (Å²) in [6.07, 6.45) is 58.4. The molecule has 0 aliphatic heterocycles. The minimum Gasteiger partial charge on any atom is -0.462 e. The van der Waals surface area contributed by atoms with Gasteiger partial charge in [-0.1, -0.05) is 169 Å². The maximum absolute atomic E-state index is 12.7. The lowest BCUT2D eigenvalue weighted by Gasteiger charge is -2.18. The van der Waals surface area contributed by atoms with E-state index < -0.39 is 6.10 Å². The van der Waals surface area contributed by atoms with Crippen LogP contribution in [0.25, 0.3) is 0 Å². The molecule has 0 rings (SSSR count). The Kier molecular flexibility index (Phi) is 42.1. The second-order valence-electron chi connectivity index (χ2n) is 14.6. The van der Waals surface area contributed by atoms with Crippen molar-refractivity contribution in [3.63, 3.8) is 0 Å². The van der Waals surface area contributed by atoms with Gasteiger partial charge in [0.2, 0.25) is 0 Å². The topological polar surface area (TPSA) is 78.9 Å². The molecule has 0 bridgehead atoms. The lowest BCUT2D eigenvalue weighted by Crippen LogP contribution is -2.30. The van der Waals surface area contributed by atoms with E-state index in [-0.39, 0.29) is 37.5 Å². The normalized spacial score (nSPS) is 13.0. The molecule has 322 valence electrons. The quantitative estimate of drug-likeness (QED) is 0.0267. The third-order valence-electron chi connectivity index (χ3n) is 9.06. The number of ether oxygens (including phenoxy) is 3. The summed E-state index contributed by atoms with van der Waals surface area (Å²) in [5.41, 5.74) is 0. The smallest absolute Gasteiger partial charge is 0.306 e. The Morgan fingerprint density at radius 3 is 1.16 bits per heavy atom. The van der Waals surface area contributed by atoms with Crippen molar-refractivity contribution in [2.45, 2.75) is 194 Å². The average Bonchev–Trinajstić information content (AvgIpc) is 3.21. The van der Waals surface area contributed by atoms with Gasteiger partial charge in [0.05, 0.1) is 0 Å². The Labute approximate surface area is 349 Å². The number of hydrogen-bond acceptors (Lipinski definition) is 6. The molecule has 0 aromatic rings. The molecule has 1 unspecified atom stereocenters. The van der Waals surface area contributed by atoms with Crippen molar-refractivity contribution < 1.29 is 28.6 Å². The first-order valence-corrected chi connectivity index (χ1v) is 22.7. The molecular formula is C51H82O6. The molecule has 6 heteroatoms. The van der Waals surface area contributed by atoms with Gasteiger partial charge in [-0.3, -0.25) is 14.4 Å². The molecule has 1 atom stereocenters. The van der Waals surface area contributed by atoms with Crippen LogP contribution < -0.4 is 0 Å². The molecule has 0 aliphatic carbocycles. The third-order valence-corrected chi connectivity index (χ3v) is 9.06. The Morgan fingerprint density at radius 2 is 0.719 bits per heavy atom. The van der Waals surface area contributed by atoms with E-state index >= 15 is 0 Å². The Morgan fingerprint density at radius 1 is 0.368 bits per heavy atom. The minimum atomic E-state index is -0.816. The van der Waals surface area contributed by atoms with Gasteiger partial charge in [-0.15, -0.1) is 0 Å². The molecule has 0 spiro atoms. The van der Waals surface area contributed by atoms with Crippen molar-refractivity contribution in [1.29, 1.82) is 0 Å². The fourth-order valence-corrected chi connectivity index (χ4v) is 5.60. The van der Waals surface area contributed by atoms with E-state index in [2.05, 4.69) is 106 Å². The van der Waals surface area contributed by atoms with Crippen LogP contribution in [0.2, 0.25) is 0 Å². The van der Waals surface area contributed by atoms with Crippen LogP contribution in [0.4, 0.5) is 0 Å². The molecule has 0 heterocycles. The van der Waals surface area contributed by atoms with Crippen LogP contribution in [-0.2, 0) is 28.6 Å². The van der Waals surface area contributed by atoms with Crippen LogP contribution in [0.1, 0.15) is 188 Å². The van der Waals surface area contributed by atoms with Crippen molar-refractivity contribution >= 4 is 17.9 Å². The van der Waals surface area contributed by atoms with Crippen molar-refractivity contribution in [3.05, 3.63) is 97.2 Å². The summed E-state index contributed by atoms with van der Waals surface area (Å²) in [6.45, 7) is 6.31. The third kappa shape index (κ3) is 43.3. The van der Waals surface area contributed by atoms with Crippen LogP contribution in [-0.4, -0.2) is 37.2 Å². The lowest BCUT2D eigenvalue weighted by atomic mass is 10.1. The number of carbonyl (C=O) groups excluding carboxylic acids is 3. The Bertz CT molecular complexity index is 1180. The molecule has 0 saturated heterocycles. The Balaban J connectivity index is 4.49. The Hall–Kier alpha value is -3.67. The summed E-state index contributed by atoms with van der Waals surface area (Å²) in [7, 11) is 0. The molecule has 0 aliphatic rings. The summed E-state index contributed by atoms with van der Waals surface area (Å²) >= 11 is 0. The van der Waals surface area contributed by atoms with Crippen LogP contribution in [0, 0.1) is 0 Å². The van der Waals surface area contributed by atoms with Crippen LogP contribution in [0.15, 0.2) is 97.2 Å². The first-order chi connectivity index (χ1) is 28.0. The largest absolute Gasteiger partial charge is 0.462 e. The fourth-order valence-electron chi connectivity index (χ4n) is 5.60. The summed E-state index contributed by atoms with van der Waals surface area (Å²) in [4.78, 5) is 37.6. The molecule has 57 heavy (non-hydrogen) atoms. The zero-order valence-corrected chi connectivity index (χ0v) is 36.6. The minimum absolute atomic E-state index is 0.113. The molecular weight excluding hydrogens is 709 g/mol. The highest BCUT2D eigenvalue weighted by Gasteiger charge is 2.19. The van der Waals surface area contributed by atoms with E-state index in [9.17, 15) is 14.4 Å². The molecule has 6 nitrogen and oxygen atoms in total. The number of hydrogen-bond donors (Lipinski definition) is 0. The number of esters is 3. The maximum Gasteiger partial charge on any atom is 0.306 e. The van der Waals surface area contributed by atoms with Gasteiger partial charge in [-0.05, 0) is 96.3 Å². The molecule has 0 aromatic heterocycles. The monoisotopic (exact) mass is 791 g/mol. The first-order valence-electron chi connectivity index (χ1n) is 22.7. The SMILES string of the molecule is CC/C=C\C/C=C\C/C=C\C/C=C\C/C=C\C/C=C\CCC(=O)OCC(COC(=O)CCCCCC/C=C\CCCC)OC(=O)CCCCCC/C=C\CCCC. The highest BCUT2D eigenvalue weighted by Crippen LogP contribution is 2.11. The molecule has 0 fully saturated rings. The fraction of sp³-hybridized carbons (Fsp3) is 0.627. The summed E-state index contributed by atoms with van der Waals surface area (Å²) in [5, 5.41) is 0. The molecule has 0 amide bonds. The highest BCUT2D eigenvalue weighted by molar-refractivity contribution is 5.71. The van der Waals surface area contributed by atoms with E-state index in [1.54, 1.807) is 0 Å². The van der Waals surface area contributed by atoms with Crippen molar-refractivity contribution in [3.8, 4) is 0 Å². The van der Waals surface area contributed by atoms with E-state index in [0.29, 0.717) is 19.3 Å². The van der Waals surface area contributed by atoms with Crippen molar-refractivity contribution in [1.82, 2.24) is 0 Å². The summed E-state index contributed by atoms with van der Waals surface area (Å²) < 4.78 is 16.6. The van der Waals surface area contributed by atoms with Gasteiger partial charge in [0.1, 0.15) is 13.2 Å². The molecule has 0 N–H and O–H groups in total. The highest BCUT2D eigenvalue weighted by atomic mass is 16.6. The molecule has 0 radical (unpaired) electrons. The second kappa shape index (κ2) is 45.0. The standard InChI is InChI=1S/C51H82O6/c1-4-7-10-13-16-19-22-23-24-25-26-27-28-29-30-33-35-38-41-44-50(53)56-47-48(57-51(54)45-42-39-36-32-21-18-15-12-9-6-3)46-55-49(52)43-40-37-34-31-20-17-14-11-8-5-2/h7,10,14-19,23-24,26-27,29-30,35,38,48H,4-6,8-9,11-13,20-22,25,28,31-34,36-37,39-47H2,1-3H3/b10-7-,17-14-,18-15-,19-16-,24-23-,27-26-,30-29-,38-35-. The lowest BCUT2D eigenvalue weighted by molar-refractivity contribution is -0.166. The van der Waals surface area contributed by atoms with E-state index in [1.807, 2.05) is 12.2 Å². The van der Waals surface area contributed by atoms with Gasteiger partial charge in [0, 0.05) is 19.3 Å². The zero-order chi connectivity index (χ0) is 41.5. The van der Waals surface area contributed by atoms with Gasteiger partial charge in [-0.2, -0.15) is 0 Å². The predicted octanol–water partition coefficient (Wildman–Crippen LogP) is 14.6. The van der Waals surface area contributed by atoms with Crippen LogP contribution in [0.5, 0.6) is 0 Å². The van der Waals surface area contributed by atoms with Crippen molar-refractivity contribution in [2.75, 3.05) is 13.2 Å². The zero-order valence-electron chi connectivity index (χ0n) is 36.6. The molecule has 0 aromatic carbocycles. The van der Waals surface area contributed by atoms with Gasteiger partial charge in [0.25, 0.3) is 0 Å². The van der Waals surface area contributed by atoms with Gasteiger partial charge in [-0.25, -0.2) is 0 Å². The van der Waals surface area contributed by atoms with Gasteiger partial charge < -0.3 is 14.2 Å². The van der Waals surface area contributed by atoms with Crippen LogP contribution in [0.3, 0.4) is 0 Å². The summed E-state index contributed by atoms with van der Waals surface area (Å²) in [5.74, 6) is -1.04. The van der Waals surface area contributed by atoms with E-state index in [0.717, 1.165) is 116 Å². The average molecular weight is 791 g/mol. The number of rotatable bonds is 39.